The summed E-state index contributed by atoms with van der Waals surface area (Å²) >= 11 is 0. The normalized spacial score (nSPS) is 14.0. The maximum Gasteiger partial charge on any atom is 0.365 e. The minimum atomic E-state index is -0.649. The second-order valence-corrected chi connectivity index (χ2v) is 8.96. The van der Waals surface area contributed by atoms with Gasteiger partial charge in [0.2, 0.25) is 11.6 Å². The fourth-order valence-corrected chi connectivity index (χ4v) is 4.66. The van der Waals surface area contributed by atoms with E-state index in [0.717, 1.165) is 29.5 Å². The van der Waals surface area contributed by atoms with E-state index in [1.807, 2.05) is 22.8 Å². The van der Waals surface area contributed by atoms with E-state index in [1.165, 1.54) is 11.6 Å². The number of para-hydroxylation sites is 2. The van der Waals surface area contributed by atoms with E-state index < -0.39 is 17.0 Å². The molecule has 0 bridgehead atoms. The van der Waals surface area contributed by atoms with E-state index in [0.29, 0.717) is 28.1 Å². The summed E-state index contributed by atoms with van der Waals surface area (Å²) in [7, 11) is 1.53. The van der Waals surface area contributed by atoms with Crippen LogP contribution >= 0.6 is 0 Å². The van der Waals surface area contributed by atoms with Crippen molar-refractivity contribution < 1.29 is 9.52 Å². The zero-order valence-electron chi connectivity index (χ0n) is 19.5. The molecule has 7 rings (SSSR count). The van der Waals surface area contributed by atoms with Crippen LogP contribution in [0, 0.1) is 0 Å². The molecule has 1 fully saturated rings. The Balaban J connectivity index is 1.47. The number of benzene rings is 2. The quantitative estimate of drug-likeness (QED) is 0.372. The SMILES string of the molecule is Cn1c(-c2nc3ccc(-n4nn[nH]c4=O)cc3n2C2CCC2)nc(-c2nc3ccccc3o2)c(O)c1=O. The number of H-pyrrole nitrogens is 1. The van der Waals surface area contributed by atoms with Crippen molar-refractivity contribution in [1.29, 1.82) is 0 Å². The molecule has 0 unspecified atom stereocenters. The molecule has 0 radical (unpaired) electrons. The van der Waals surface area contributed by atoms with Gasteiger partial charge in [-0.05, 0) is 60.0 Å². The van der Waals surface area contributed by atoms with Crippen LogP contribution in [-0.2, 0) is 7.05 Å². The number of rotatable bonds is 4. The number of fused-ring (bicyclic) bond motifs is 2. The van der Waals surface area contributed by atoms with Crippen molar-refractivity contribution >= 4 is 22.1 Å². The van der Waals surface area contributed by atoms with Gasteiger partial charge in [0.15, 0.2) is 22.9 Å². The molecule has 1 aliphatic rings. The number of aromatic nitrogens is 9. The van der Waals surface area contributed by atoms with Gasteiger partial charge in [0, 0.05) is 13.1 Å². The molecule has 13 heteroatoms. The van der Waals surface area contributed by atoms with Crippen LogP contribution in [0.1, 0.15) is 25.3 Å². The van der Waals surface area contributed by atoms with Gasteiger partial charge in [0.25, 0.3) is 5.56 Å². The standard InChI is InChI=1S/C24H19N9O4/c1-31-20(27-18(19(34)23(31)35)22-26-15-7-2-3-8-17(15)37-22)21-25-14-10-9-13(33-24(36)28-29-30-33)11-16(14)32(21)12-5-4-6-12/h2-3,7-12,34H,4-6H2,1H3,(H,28,30,36). The fraction of sp³-hybridized carbons (Fsp3) is 0.208. The number of tetrazole rings is 1. The molecule has 4 aromatic heterocycles. The number of oxazole rings is 1. The molecule has 37 heavy (non-hydrogen) atoms. The number of nitrogens with zero attached hydrogens (tertiary/aromatic N) is 8. The highest BCUT2D eigenvalue weighted by atomic mass is 16.4. The highest BCUT2D eigenvalue weighted by Crippen LogP contribution is 2.39. The van der Waals surface area contributed by atoms with Crippen molar-refractivity contribution in [2.75, 3.05) is 0 Å². The third kappa shape index (κ3) is 3.13. The third-order valence-electron chi connectivity index (χ3n) is 6.79. The van der Waals surface area contributed by atoms with E-state index in [9.17, 15) is 14.7 Å². The molecule has 0 saturated heterocycles. The summed E-state index contributed by atoms with van der Waals surface area (Å²) in [6.45, 7) is 0. The predicted octanol–water partition coefficient (Wildman–Crippen LogP) is 2.30. The van der Waals surface area contributed by atoms with Gasteiger partial charge >= 0.3 is 5.69 Å². The van der Waals surface area contributed by atoms with Crippen molar-refractivity contribution in [1.82, 2.24) is 44.3 Å². The van der Waals surface area contributed by atoms with Gasteiger partial charge in [0.1, 0.15) is 5.52 Å². The van der Waals surface area contributed by atoms with Gasteiger partial charge in [-0.2, -0.15) is 4.68 Å². The lowest BCUT2D eigenvalue weighted by molar-refractivity contribution is 0.322. The molecule has 184 valence electrons. The Morgan fingerprint density at radius 1 is 1.03 bits per heavy atom. The highest BCUT2D eigenvalue weighted by Gasteiger charge is 2.29. The topological polar surface area (TPSA) is 163 Å². The average molecular weight is 497 g/mol. The van der Waals surface area contributed by atoms with Crippen LogP contribution in [0.25, 0.3) is 51.1 Å². The molecule has 1 saturated carbocycles. The Kier molecular flexibility index (Phi) is 4.43. The number of nitrogens with one attached hydrogen (secondary N) is 1. The third-order valence-corrected chi connectivity index (χ3v) is 6.79. The Bertz CT molecular complexity index is 1920. The van der Waals surface area contributed by atoms with Crippen molar-refractivity contribution in [3.05, 3.63) is 63.3 Å². The van der Waals surface area contributed by atoms with Crippen LogP contribution in [0.3, 0.4) is 0 Å². The van der Waals surface area contributed by atoms with Gasteiger partial charge in [-0.3, -0.25) is 9.36 Å². The first-order valence-electron chi connectivity index (χ1n) is 11.7. The Morgan fingerprint density at radius 2 is 1.86 bits per heavy atom. The number of imidazole rings is 1. The minimum Gasteiger partial charge on any atom is -0.501 e. The van der Waals surface area contributed by atoms with Crippen molar-refractivity contribution in [3.63, 3.8) is 0 Å². The van der Waals surface area contributed by atoms with Crippen LogP contribution < -0.4 is 11.2 Å². The molecule has 0 spiro atoms. The van der Waals surface area contributed by atoms with Crippen molar-refractivity contribution in [2.45, 2.75) is 25.3 Å². The summed E-state index contributed by atoms with van der Waals surface area (Å²) in [6, 6.07) is 12.6. The zero-order valence-corrected chi connectivity index (χ0v) is 19.5. The predicted molar refractivity (Wildman–Crippen MR) is 131 cm³/mol. The number of hydrogen-bond acceptors (Lipinski definition) is 9. The Labute approximate surface area is 206 Å². The molecule has 1 aliphatic carbocycles. The minimum absolute atomic E-state index is 0.0386. The lowest BCUT2D eigenvalue weighted by atomic mass is 9.92. The molecule has 2 aromatic carbocycles. The van der Waals surface area contributed by atoms with E-state index in [2.05, 4.69) is 25.5 Å². The number of aromatic hydroxyl groups is 1. The molecule has 4 heterocycles. The van der Waals surface area contributed by atoms with E-state index >= 15 is 0 Å². The number of hydrogen-bond donors (Lipinski definition) is 2. The monoisotopic (exact) mass is 497 g/mol. The first kappa shape index (κ1) is 21.2. The van der Waals surface area contributed by atoms with Gasteiger partial charge in [-0.1, -0.05) is 12.1 Å². The maximum absolute atomic E-state index is 13.1. The van der Waals surface area contributed by atoms with Crippen LogP contribution in [0.15, 0.2) is 56.5 Å². The van der Waals surface area contributed by atoms with Crippen LogP contribution in [0.2, 0.25) is 0 Å². The zero-order chi connectivity index (χ0) is 25.3. The Hall–Kier alpha value is -5.07. The van der Waals surface area contributed by atoms with Crippen molar-refractivity contribution in [3.8, 4) is 34.7 Å². The molecular weight excluding hydrogens is 478 g/mol. The first-order chi connectivity index (χ1) is 18.0. The maximum atomic E-state index is 13.1. The van der Waals surface area contributed by atoms with Crippen LogP contribution in [0.5, 0.6) is 5.75 Å². The van der Waals surface area contributed by atoms with Gasteiger partial charge in [-0.15, -0.1) is 0 Å². The van der Waals surface area contributed by atoms with E-state index in [-0.39, 0.29) is 23.5 Å². The molecule has 2 N–H and O–H groups in total. The average Bonchev–Trinajstić information content (AvgIpc) is 3.58. The summed E-state index contributed by atoms with van der Waals surface area (Å²) < 4.78 is 10.3. The molecular formula is C24H19N9O4. The lowest BCUT2D eigenvalue weighted by Crippen LogP contribution is -2.24. The van der Waals surface area contributed by atoms with Crippen LogP contribution in [0.4, 0.5) is 0 Å². The molecule has 0 aliphatic heterocycles. The van der Waals surface area contributed by atoms with Gasteiger partial charge < -0.3 is 14.1 Å². The first-order valence-corrected chi connectivity index (χ1v) is 11.7. The molecule has 6 aromatic rings. The molecule has 13 nitrogen and oxygen atoms in total. The van der Waals surface area contributed by atoms with E-state index in [1.54, 1.807) is 24.3 Å². The highest BCUT2D eigenvalue weighted by molar-refractivity contribution is 5.82. The largest absolute Gasteiger partial charge is 0.501 e. The fourth-order valence-electron chi connectivity index (χ4n) is 4.66. The summed E-state index contributed by atoms with van der Waals surface area (Å²) in [4.78, 5) is 39.1. The summed E-state index contributed by atoms with van der Waals surface area (Å²) in [5, 5.41) is 20.4. The van der Waals surface area contributed by atoms with Crippen LogP contribution in [-0.4, -0.2) is 49.4 Å². The second kappa shape index (κ2) is 7.71. The van der Waals surface area contributed by atoms with Gasteiger partial charge in [0.05, 0.1) is 16.7 Å². The summed E-state index contributed by atoms with van der Waals surface area (Å²) in [5.41, 5.74) is 1.88. The Morgan fingerprint density at radius 3 is 2.59 bits per heavy atom. The molecule has 0 atom stereocenters. The smallest absolute Gasteiger partial charge is 0.365 e. The summed E-state index contributed by atoms with van der Waals surface area (Å²) in [6.07, 6.45) is 2.91. The molecule has 0 amide bonds. The number of aromatic amines is 1. The van der Waals surface area contributed by atoms with E-state index in [4.69, 9.17) is 9.40 Å². The summed E-state index contributed by atoms with van der Waals surface area (Å²) in [5.74, 6) is 0.193. The second-order valence-electron chi connectivity index (χ2n) is 8.96. The van der Waals surface area contributed by atoms with Crippen molar-refractivity contribution in [2.24, 2.45) is 7.05 Å². The van der Waals surface area contributed by atoms with Gasteiger partial charge in [-0.25, -0.2) is 24.8 Å². The lowest BCUT2D eigenvalue weighted by Gasteiger charge is -2.29.